The van der Waals surface area contributed by atoms with Crippen LogP contribution < -0.4 is 0 Å². The Balaban J connectivity index is 2.90. The quantitative estimate of drug-likeness (QED) is 0.762. The Morgan fingerprint density at radius 3 is 2.20 bits per heavy atom. The highest BCUT2D eigenvalue weighted by atomic mass is 19.1. The van der Waals surface area contributed by atoms with Gasteiger partial charge in [0.05, 0.1) is 0 Å². The molecule has 0 amide bonds. The van der Waals surface area contributed by atoms with Gasteiger partial charge in [-0.05, 0) is 38.2 Å². The average molecular weight is 210 g/mol. The number of likely N-dealkylation sites (N-methyl/N-ethyl adjacent to an activating group) is 1. The van der Waals surface area contributed by atoms with E-state index in [1.165, 1.54) is 18.2 Å². The van der Waals surface area contributed by atoms with Crippen molar-refractivity contribution in [2.75, 3.05) is 20.6 Å². The maximum absolute atomic E-state index is 13.2. The van der Waals surface area contributed by atoms with Gasteiger partial charge in [0, 0.05) is 6.54 Å². The molecule has 0 saturated heterocycles. The molecule has 0 atom stereocenters. The Morgan fingerprint density at radius 2 is 1.80 bits per heavy atom. The molecule has 4 heteroatoms. The van der Waals surface area contributed by atoms with Gasteiger partial charge in [-0.2, -0.15) is 5.26 Å². The fourth-order valence-corrected chi connectivity index (χ4v) is 1.23. The van der Waals surface area contributed by atoms with E-state index >= 15 is 0 Å². The van der Waals surface area contributed by atoms with Crippen molar-refractivity contribution < 1.29 is 8.78 Å². The van der Waals surface area contributed by atoms with Crippen LogP contribution in [-0.4, -0.2) is 25.5 Å². The van der Waals surface area contributed by atoms with Crippen molar-refractivity contribution in [3.05, 3.63) is 34.9 Å². The van der Waals surface area contributed by atoms with E-state index in [1.54, 1.807) is 0 Å². The van der Waals surface area contributed by atoms with Crippen molar-refractivity contribution in [1.82, 2.24) is 4.90 Å². The lowest BCUT2D eigenvalue weighted by Gasteiger charge is -2.09. The number of rotatable bonds is 3. The lowest BCUT2D eigenvalue weighted by Crippen LogP contribution is -2.15. The van der Waals surface area contributed by atoms with Crippen molar-refractivity contribution in [1.29, 1.82) is 5.26 Å². The number of hydrogen-bond acceptors (Lipinski definition) is 2. The molecule has 1 aromatic rings. The summed E-state index contributed by atoms with van der Waals surface area (Å²) < 4.78 is 26.3. The van der Waals surface area contributed by atoms with Crippen LogP contribution in [0.5, 0.6) is 0 Å². The largest absolute Gasteiger partial charge is 0.309 e. The summed E-state index contributed by atoms with van der Waals surface area (Å²) in [5.41, 5.74) is 0.0568. The summed E-state index contributed by atoms with van der Waals surface area (Å²) in [6.45, 7) is 0.713. The number of hydrogen-bond donors (Lipinski definition) is 0. The minimum atomic E-state index is -0.786. The van der Waals surface area contributed by atoms with Gasteiger partial charge in [0.1, 0.15) is 23.3 Å². The van der Waals surface area contributed by atoms with E-state index in [2.05, 4.69) is 0 Å². The van der Waals surface area contributed by atoms with E-state index in [1.807, 2.05) is 19.0 Å². The Morgan fingerprint density at radius 1 is 1.27 bits per heavy atom. The fourth-order valence-electron chi connectivity index (χ4n) is 1.23. The molecule has 0 spiro atoms. The lowest BCUT2D eigenvalue weighted by molar-refractivity contribution is 0.412. The van der Waals surface area contributed by atoms with Crippen LogP contribution in [0.2, 0.25) is 0 Å². The minimum Gasteiger partial charge on any atom is -0.309 e. The van der Waals surface area contributed by atoms with Gasteiger partial charge in [0.2, 0.25) is 0 Å². The van der Waals surface area contributed by atoms with Gasteiger partial charge in [-0.3, -0.25) is 0 Å². The third-order valence-corrected chi connectivity index (χ3v) is 2.06. The van der Waals surface area contributed by atoms with Crippen LogP contribution >= 0.6 is 0 Å². The molecule has 80 valence electrons. The molecule has 0 unspecified atom stereocenters. The first-order valence-electron chi connectivity index (χ1n) is 4.57. The molecule has 15 heavy (non-hydrogen) atoms. The van der Waals surface area contributed by atoms with Crippen LogP contribution in [0, 0.1) is 23.0 Å². The van der Waals surface area contributed by atoms with E-state index in [0.717, 1.165) is 0 Å². The Labute approximate surface area is 87.7 Å². The molecule has 0 aliphatic carbocycles. The highest BCUT2D eigenvalue weighted by Crippen LogP contribution is 2.14. The van der Waals surface area contributed by atoms with E-state index < -0.39 is 17.2 Å². The summed E-state index contributed by atoms with van der Waals surface area (Å²) in [5, 5.41) is 8.47. The predicted molar refractivity (Wildman–Crippen MR) is 53.3 cm³/mol. The summed E-state index contributed by atoms with van der Waals surface area (Å²) in [4.78, 5) is 1.92. The van der Waals surface area contributed by atoms with Crippen LogP contribution in [0.4, 0.5) is 8.78 Å². The molecule has 0 fully saturated rings. The molecule has 0 aliphatic rings. The van der Waals surface area contributed by atoms with Gasteiger partial charge in [0.25, 0.3) is 0 Å². The van der Waals surface area contributed by atoms with E-state index in [4.69, 9.17) is 5.26 Å². The molecule has 0 aliphatic heterocycles. The monoisotopic (exact) mass is 210 g/mol. The smallest absolute Gasteiger partial charge is 0.144 e. The number of benzene rings is 1. The first-order chi connectivity index (χ1) is 7.04. The minimum absolute atomic E-state index is 0.511. The standard InChI is InChI=1S/C11H12F2N2/c1-15(2)4-3-8-5-10(12)9(7-14)11(13)6-8/h5-6H,3-4H2,1-2H3. The van der Waals surface area contributed by atoms with Crippen molar-refractivity contribution in [2.45, 2.75) is 6.42 Å². The van der Waals surface area contributed by atoms with Crippen LogP contribution in [0.15, 0.2) is 12.1 Å². The zero-order valence-electron chi connectivity index (χ0n) is 8.72. The van der Waals surface area contributed by atoms with E-state index in [-0.39, 0.29) is 0 Å². The SMILES string of the molecule is CN(C)CCc1cc(F)c(C#N)c(F)c1. The van der Waals surface area contributed by atoms with E-state index in [0.29, 0.717) is 18.5 Å². The van der Waals surface area contributed by atoms with Crippen molar-refractivity contribution in [3.8, 4) is 6.07 Å². The maximum atomic E-state index is 13.2. The number of halogens is 2. The summed E-state index contributed by atoms with van der Waals surface area (Å²) >= 11 is 0. The van der Waals surface area contributed by atoms with Crippen molar-refractivity contribution >= 4 is 0 Å². The van der Waals surface area contributed by atoms with Crippen LogP contribution in [0.1, 0.15) is 11.1 Å². The molecule has 0 bridgehead atoms. The van der Waals surface area contributed by atoms with Crippen LogP contribution in [0.3, 0.4) is 0 Å². The summed E-state index contributed by atoms with van der Waals surface area (Å²) in [6, 6.07) is 3.92. The Kier molecular flexibility index (Phi) is 3.75. The average Bonchev–Trinajstić information content (AvgIpc) is 2.14. The second-order valence-electron chi connectivity index (χ2n) is 3.60. The fraction of sp³-hybridized carbons (Fsp3) is 0.364. The highest BCUT2D eigenvalue weighted by Gasteiger charge is 2.10. The zero-order chi connectivity index (χ0) is 11.4. The molecule has 1 rings (SSSR count). The molecular formula is C11H12F2N2. The van der Waals surface area contributed by atoms with Gasteiger partial charge in [-0.1, -0.05) is 0 Å². The molecular weight excluding hydrogens is 198 g/mol. The number of nitriles is 1. The molecule has 0 radical (unpaired) electrons. The maximum Gasteiger partial charge on any atom is 0.144 e. The molecule has 0 heterocycles. The Bertz CT molecular complexity index is 371. The van der Waals surface area contributed by atoms with Crippen molar-refractivity contribution in [2.24, 2.45) is 0 Å². The normalized spacial score (nSPS) is 10.4. The summed E-state index contributed by atoms with van der Waals surface area (Å²) in [7, 11) is 3.77. The van der Waals surface area contributed by atoms with Gasteiger partial charge < -0.3 is 4.90 Å². The third kappa shape index (κ3) is 3.00. The summed E-state index contributed by atoms with van der Waals surface area (Å²) in [6.07, 6.45) is 0.562. The summed E-state index contributed by atoms with van der Waals surface area (Å²) in [5.74, 6) is -1.57. The van der Waals surface area contributed by atoms with Crippen LogP contribution in [0.25, 0.3) is 0 Å². The first-order valence-corrected chi connectivity index (χ1v) is 4.57. The second kappa shape index (κ2) is 4.85. The highest BCUT2D eigenvalue weighted by molar-refractivity contribution is 5.35. The number of nitrogens with zero attached hydrogens (tertiary/aromatic N) is 2. The van der Waals surface area contributed by atoms with Crippen molar-refractivity contribution in [3.63, 3.8) is 0 Å². The first kappa shape index (κ1) is 11.6. The van der Waals surface area contributed by atoms with Crippen LogP contribution in [-0.2, 0) is 6.42 Å². The molecule has 0 saturated carbocycles. The topological polar surface area (TPSA) is 27.0 Å². The Hall–Kier alpha value is -1.47. The van der Waals surface area contributed by atoms with Gasteiger partial charge in [-0.15, -0.1) is 0 Å². The molecule has 0 aromatic heterocycles. The lowest BCUT2D eigenvalue weighted by atomic mass is 10.1. The predicted octanol–water partition coefficient (Wildman–Crippen LogP) is 1.94. The van der Waals surface area contributed by atoms with Gasteiger partial charge >= 0.3 is 0 Å². The third-order valence-electron chi connectivity index (χ3n) is 2.06. The second-order valence-corrected chi connectivity index (χ2v) is 3.60. The molecule has 1 aromatic carbocycles. The van der Waals surface area contributed by atoms with E-state index in [9.17, 15) is 8.78 Å². The van der Waals surface area contributed by atoms with Gasteiger partial charge in [0.15, 0.2) is 0 Å². The zero-order valence-corrected chi connectivity index (χ0v) is 8.72. The van der Waals surface area contributed by atoms with Gasteiger partial charge in [-0.25, -0.2) is 8.78 Å². The molecule has 0 N–H and O–H groups in total. The molecule has 2 nitrogen and oxygen atoms in total.